The van der Waals surface area contributed by atoms with Gasteiger partial charge in [-0.2, -0.15) is 0 Å². The van der Waals surface area contributed by atoms with E-state index in [-0.39, 0.29) is 0 Å². The summed E-state index contributed by atoms with van der Waals surface area (Å²) in [4.78, 5) is 1.29. The number of rotatable bonds is 4. The summed E-state index contributed by atoms with van der Waals surface area (Å²) in [5, 5.41) is 0. The third-order valence-electron chi connectivity index (χ3n) is 1.62. The molecule has 1 rings (SSSR count). The number of ether oxygens (including phenoxy) is 1. The monoisotopic (exact) mass is 196 g/mol. The molecule has 1 nitrogen and oxygen atoms in total. The van der Waals surface area contributed by atoms with Crippen molar-refractivity contribution in [2.75, 3.05) is 12.9 Å². The van der Waals surface area contributed by atoms with Gasteiger partial charge in [-0.1, -0.05) is 19.9 Å². The van der Waals surface area contributed by atoms with Crippen LogP contribution in [0.3, 0.4) is 0 Å². The molecule has 0 spiro atoms. The molecule has 1 aromatic carbocycles. The van der Waals surface area contributed by atoms with Crippen LogP contribution < -0.4 is 4.74 Å². The van der Waals surface area contributed by atoms with Gasteiger partial charge in [-0.15, -0.1) is 11.8 Å². The first kappa shape index (κ1) is 10.5. The van der Waals surface area contributed by atoms with E-state index in [9.17, 15) is 0 Å². The normalized spacial score (nSPS) is 10.5. The Labute approximate surface area is 84.5 Å². The molecule has 0 aliphatic rings. The minimum atomic E-state index is 0.733. The summed E-state index contributed by atoms with van der Waals surface area (Å²) in [6.07, 6.45) is 0. The summed E-state index contributed by atoms with van der Waals surface area (Å²) >= 11 is 1.88. The minimum absolute atomic E-state index is 0.733. The molecular formula is C11H16OS. The molecule has 0 atom stereocenters. The van der Waals surface area contributed by atoms with Crippen LogP contribution in [0.1, 0.15) is 13.8 Å². The summed E-state index contributed by atoms with van der Waals surface area (Å²) in [5.41, 5.74) is 0. The molecule has 0 saturated carbocycles. The number of methoxy groups -OCH3 is 1. The van der Waals surface area contributed by atoms with Gasteiger partial charge in [0.05, 0.1) is 7.11 Å². The maximum atomic E-state index is 5.15. The Balaban J connectivity index is 2.56. The van der Waals surface area contributed by atoms with Gasteiger partial charge in [0.1, 0.15) is 5.75 Å². The standard InChI is InChI=1S/C11H16OS/c1-9(2)8-13-11-6-4-5-10(7-11)12-3/h4-7,9H,8H2,1-3H3. The van der Waals surface area contributed by atoms with E-state index in [4.69, 9.17) is 4.74 Å². The van der Waals surface area contributed by atoms with Crippen LogP contribution in [0.5, 0.6) is 5.75 Å². The third kappa shape index (κ3) is 3.73. The molecule has 13 heavy (non-hydrogen) atoms. The Kier molecular flexibility index (Phi) is 4.16. The Morgan fingerprint density at radius 3 is 2.77 bits per heavy atom. The zero-order valence-electron chi connectivity index (χ0n) is 8.41. The highest BCUT2D eigenvalue weighted by atomic mass is 32.2. The van der Waals surface area contributed by atoms with E-state index in [2.05, 4.69) is 26.0 Å². The lowest BCUT2D eigenvalue weighted by atomic mass is 10.3. The second-order valence-electron chi connectivity index (χ2n) is 3.38. The van der Waals surface area contributed by atoms with E-state index >= 15 is 0 Å². The van der Waals surface area contributed by atoms with Gasteiger partial charge >= 0.3 is 0 Å². The van der Waals surface area contributed by atoms with E-state index in [0.717, 1.165) is 17.4 Å². The molecule has 2 heteroatoms. The fourth-order valence-corrected chi connectivity index (χ4v) is 1.85. The topological polar surface area (TPSA) is 9.23 Å². The van der Waals surface area contributed by atoms with Crippen LogP contribution >= 0.6 is 11.8 Å². The molecule has 0 aliphatic carbocycles. The number of thioether (sulfide) groups is 1. The highest BCUT2D eigenvalue weighted by molar-refractivity contribution is 7.99. The number of benzene rings is 1. The van der Waals surface area contributed by atoms with Crippen molar-refractivity contribution < 1.29 is 4.74 Å². The third-order valence-corrected chi connectivity index (χ3v) is 3.05. The Bertz CT molecular complexity index is 258. The predicted molar refractivity (Wildman–Crippen MR) is 58.6 cm³/mol. The van der Waals surface area contributed by atoms with Gasteiger partial charge in [-0.05, 0) is 24.1 Å². The largest absolute Gasteiger partial charge is 0.497 e. The molecular weight excluding hydrogens is 180 g/mol. The molecule has 0 N–H and O–H groups in total. The second kappa shape index (κ2) is 5.18. The lowest BCUT2D eigenvalue weighted by molar-refractivity contribution is 0.413. The SMILES string of the molecule is COc1cccc(SCC(C)C)c1. The van der Waals surface area contributed by atoms with Crippen LogP contribution in [0.4, 0.5) is 0 Å². The van der Waals surface area contributed by atoms with Crippen molar-refractivity contribution in [2.45, 2.75) is 18.7 Å². The van der Waals surface area contributed by atoms with Crippen molar-refractivity contribution in [1.82, 2.24) is 0 Å². The molecule has 72 valence electrons. The van der Waals surface area contributed by atoms with Gasteiger partial charge in [0.2, 0.25) is 0 Å². The molecule has 0 amide bonds. The van der Waals surface area contributed by atoms with Crippen molar-refractivity contribution in [2.24, 2.45) is 5.92 Å². The maximum Gasteiger partial charge on any atom is 0.119 e. The van der Waals surface area contributed by atoms with Crippen molar-refractivity contribution in [1.29, 1.82) is 0 Å². The lowest BCUT2D eigenvalue weighted by Crippen LogP contribution is -1.90. The van der Waals surface area contributed by atoms with Crippen molar-refractivity contribution in [3.05, 3.63) is 24.3 Å². The highest BCUT2D eigenvalue weighted by Gasteiger charge is 1.98. The average molecular weight is 196 g/mol. The zero-order chi connectivity index (χ0) is 9.68. The van der Waals surface area contributed by atoms with Gasteiger partial charge in [-0.3, -0.25) is 0 Å². The summed E-state index contributed by atoms with van der Waals surface area (Å²) in [7, 11) is 1.70. The molecule has 0 aliphatic heterocycles. The second-order valence-corrected chi connectivity index (χ2v) is 4.48. The van der Waals surface area contributed by atoms with Gasteiger partial charge in [-0.25, -0.2) is 0 Å². The minimum Gasteiger partial charge on any atom is -0.497 e. The summed E-state index contributed by atoms with van der Waals surface area (Å²) in [6.45, 7) is 4.46. The maximum absolute atomic E-state index is 5.15. The fourth-order valence-electron chi connectivity index (χ4n) is 0.954. The highest BCUT2D eigenvalue weighted by Crippen LogP contribution is 2.24. The quantitative estimate of drug-likeness (QED) is 0.682. The first-order chi connectivity index (χ1) is 6.22. The molecule has 0 heterocycles. The Morgan fingerprint density at radius 2 is 2.15 bits per heavy atom. The van der Waals surface area contributed by atoms with E-state index in [1.807, 2.05) is 23.9 Å². The van der Waals surface area contributed by atoms with Crippen molar-refractivity contribution >= 4 is 11.8 Å². The summed E-state index contributed by atoms with van der Waals surface area (Å²) in [6, 6.07) is 8.20. The molecule has 0 fully saturated rings. The smallest absolute Gasteiger partial charge is 0.119 e. The van der Waals surface area contributed by atoms with E-state index < -0.39 is 0 Å². The van der Waals surface area contributed by atoms with Crippen LogP contribution in [-0.4, -0.2) is 12.9 Å². The Morgan fingerprint density at radius 1 is 1.38 bits per heavy atom. The van der Waals surface area contributed by atoms with Gasteiger partial charge in [0, 0.05) is 10.6 Å². The van der Waals surface area contributed by atoms with Gasteiger partial charge in [0.15, 0.2) is 0 Å². The van der Waals surface area contributed by atoms with E-state index in [0.29, 0.717) is 0 Å². The van der Waals surface area contributed by atoms with E-state index in [1.54, 1.807) is 7.11 Å². The van der Waals surface area contributed by atoms with Gasteiger partial charge < -0.3 is 4.74 Å². The van der Waals surface area contributed by atoms with Crippen LogP contribution in [0.15, 0.2) is 29.2 Å². The van der Waals surface area contributed by atoms with E-state index in [1.165, 1.54) is 4.90 Å². The Hall–Kier alpha value is -0.630. The predicted octanol–water partition coefficient (Wildman–Crippen LogP) is 3.44. The van der Waals surface area contributed by atoms with Crippen LogP contribution in [0.25, 0.3) is 0 Å². The van der Waals surface area contributed by atoms with Crippen LogP contribution in [-0.2, 0) is 0 Å². The molecule has 0 saturated heterocycles. The molecule has 0 radical (unpaired) electrons. The lowest BCUT2D eigenvalue weighted by Gasteiger charge is -2.05. The first-order valence-corrected chi connectivity index (χ1v) is 5.48. The van der Waals surface area contributed by atoms with Crippen LogP contribution in [0.2, 0.25) is 0 Å². The molecule has 0 bridgehead atoms. The molecule has 0 unspecified atom stereocenters. The number of hydrogen-bond donors (Lipinski definition) is 0. The first-order valence-electron chi connectivity index (χ1n) is 4.49. The zero-order valence-corrected chi connectivity index (χ0v) is 9.23. The van der Waals surface area contributed by atoms with Gasteiger partial charge in [0.25, 0.3) is 0 Å². The fraction of sp³-hybridized carbons (Fsp3) is 0.455. The summed E-state index contributed by atoms with van der Waals surface area (Å²) < 4.78 is 5.15. The summed E-state index contributed by atoms with van der Waals surface area (Å²) in [5.74, 6) is 2.83. The average Bonchev–Trinajstić information content (AvgIpc) is 2.15. The number of hydrogen-bond acceptors (Lipinski definition) is 2. The van der Waals surface area contributed by atoms with Crippen molar-refractivity contribution in [3.8, 4) is 5.75 Å². The molecule has 1 aromatic rings. The molecule has 0 aromatic heterocycles. The van der Waals surface area contributed by atoms with Crippen molar-refractivity contribution in [3.63, 3.8) is 0 Å². The van der Waals surface area contributed by atoms with Crippen LogP contribution in [0, 0.1) is 5.92 Å².